The van der Waals surface area contributed by atoms with Crippen LogP contribution in [0.4, 0.5) is 4.39 Å². The number of halogens is 1. The van der Waals surface area contributed by atoms with E-state index in [0.29, 0.717) is 12.1 Å². The fourth-order valence-electron chi connectivity index (χ4n) is 2.23. The molecule has 3 aromatic heterocycles. The quantitative estimate of drug-likeness (QED) is 0.718. The van der Waals surface area contributed by atoms with Crippen LogP contribution in [0.3, 0.4) is 0 Å². The van der Waals surface area contributed by atoms with Crippen LogP contribution < -0.4 is 5.32 Å². The first-order valence-electron chi connectivity index (χ1n) is 6.81. The van der Waals surface area contributed by atoms with E-state index in [1.807, 2.05) is 0 Å². The fourth-order valence-corrected chi connectivity index (χ4v) is 5.24. The van der Waals surface area contributed by atoms with Crippen molar-refractivity contribution in [2.24, 2.45) is 0 Å². The van der Waals surface area contributed by atoms with E-state index in [4.69, 9.17) is 0 Å². The van der Waals surface area contributed by atoms with E-state index < -0.39 is 16.0 Å². The molecule has 0 aliphatic rings. The summed E-state index contributed by atoms with van der Waals surface area (Å²) in [5.41, 5.74) is 0.511. The van der Waals surface area contributed by atoms with E-state index in [2.05, 4.69) is 10.3 Å². The van der Waals surface area contributed by atoms with Gasteiger partial charge in [-0.15, -0.1) is 11.3 Å². The molecule has 0 radical (unpaired) electrons. The molecular weight excluding hydrogens is 337 g/mol. The SMILES string of the molecule is CNCc1cc(-c2cccnc2F)c(S(=O)(=O)n2cccc2)s1. The number of hydrogen-bond acceptors (Lipinski definition) is 5. The molecule has 120 valence electrons. The largest absolute Gasteiger partial charge is 0.315 e. The van der Waals surface area contributed by atoms with Gasteiger partial charge in [-0.05, 0) is 37.4 Å². The first-order valence-corrected chi connectivity index (χ1v) is 9.06. The third kappa shape index (κ3) is 2.92. The normalized spacial score (nSPS) is 11.7. The predicted molar refractivity (Wildman–Crippen MR) is 87.3 cm³/mol. The monoisotopic (exact) mass is 351 g/mol. The number of thiophene rings is 1. The van der Waals surface area contributed by atoms with Crippen LogP contribution in [0.25, 0.3) is 11.1 Å². The van der Waals surface area contributed by atoms with E-state index in [9.17, 15) is 12.8 Å². The highest BCUT2D eigenvalue weighted by Gasteiger charge is 2.26. The molecule has 0 saturated carbocycles. The van der Waals surface area contributed by atoms with Crippen molar-refractivity contribution in [2.45, 2.75) is 10.8 Å². The molecule has 0 atom stereocenters. The highest BCUT2D eigenvalue weighted by molar-refractivity contribution is 7.92. The van der Waals surface area contributed by atoms with Gasteiger partial charge in [0.05, 0.1) is 0 Å². The lowest BCUT2D eigenvalue weighted by Crippen LogP contribution is -2.10. The van der Waals surface area contributed by atoms with Crippen LogP contribution in [0, 0.1) is 5.95 Å². The standard InChI is InChI=1S/C15H14FN3O2S2/c1-17-10-11-9-13(12-5-4-6-18-14(12)16)15(22-11)23(20,21)19-7-2-3-8-19/h2-9,17H,10H2,1H3. The summed E-state index contributed by atoms with van der Waals surface area (Å²) in [5.74, 6) is -0.690. The Morgan fingerprint density at radius 2 is 2.00 bits per heavy atom. The summed E-state index contributed by atoms with van der Waals surface area (Å²) < 4.78 is 40.9. The molecule has 8 heteroatoms. The maximum absolute atomic E-state index is 14.1. The zero-order valence-corrected chi connectivity index (χ0v) is 13.9. The predicted octanol–water partition coefficient (Wildman–Crippen LogP) is 2.71. The summed E-state index contributed by atoms with van der Waals surface area (Å²) >= 11 is 1.13. The Labute approximate surface area is 137 Å². The summed E-state index contributed by atoms with van der Waals surface area (Å²) in [6.45, 7) is 0.501. The maximum Gasteiger partial charge on any atom is 0.277 e. The summed E-state index contributed by atoms with van der Waals surface area (Å²) in [7, 11) is -2.01. The second-order valence-electron chi connectivity index (χ2n) is 4.80. The van der Waals surface area contributed by atoms with E-state index >= 15 is 0 Å². The van der Waals surface area contributed by atoms with Gasteiger partial charge in [0.1, 0.15) is 4.21 Å². The van der Waals surface area contributed by atoms with Crippen LogP contribution in [0.1, 0.15) is 4.88 Å². The third-order valence-corrected chi connectivity index (χ3v) is 6.54. The van der Waals surface area contributed by atoms with Crippen molar-refractivity contribution in [1.29, 1.82) is 0 Å². The molecule has 1 N–H and O–H groups in total. The van der Waals surface area contributed by atoms with Gasteiger partial charge < -0.3 is 5.32 Å². The average Bonchev–Trinajstić information content (AvgIpc) is 3.18. The Morgan fingerprint density at radius 3 is 2.65 bits per heavy atom. The summed E-state index contributed by atoms with van der Waals surface area (Å²) in [6.07, 6.45) is 4.24. The Balaban J connectivity index is 2.22. The molecule has 0 amide bonds. The fraction of sp³-hybridized carbons (Fsp3) is 0.133. The lowest BCUT2D eigenvalue weighted by molar-refractivity contribution is 0.585. The van der Waals surface area contributed by atoms with Crippen LogP contribution in [0.15, 0.2) is 53.1 Å². The molecule has 5 nitrogen and oxygen atoms in total. The number of nitrogens with zero attached hydrogens (tertiary/aromatic N) is 2. The molecule has 0 aliphatic carbocycles. The Hall–Kier alpha value is -2.03. The van der Waals surface area contributed by atoms with Crippen molar-refractivity contribution in [3.63, 3.8) is 0 Å². The minimum Gasteiger partial charge on any atom is -0.315 e. The molecule has 23 heavy (non-hydrogen) atoms. The van der Waals surface area contributed by atoms with Crippen LogP contribution in [-0.4, -0.2) is 24.4 Å². The lowest BCUT2D eigenvalue weighted by Gasteiger charge is -2.07. The summed E-state index contributed by atoms with van der Waals surface area (Å²) in [5, 5.41) is 2.98. The maximum atomic E-state index is 14.1. The molecule has 0 aromatic carbocycles. The Morgan fingerprint density at radius 1 is 1.26 bits per heavy atom. The second-order valence-corrected chi connectivity index (χ2v) is 7.98. The van der Waals surface area contributed by atoms with E-state index in [0.717, 1.165) is 20.2 Å². The molecule has 0 bridgehead atoms. The van der Waals surface area contributed by atoms with Gasteiger partial charge in [-0.1, -0.05) is 0 Å². The van der Waals surface area contributed by atoms with E-state index in [-0.39, 0.29) is 9.77 Å². The molecular formula is C15H14FN3O2S2. The van der Waals surface area contributed by atoms with Crippen LogP contribution in [0.5, 0.6) is 0 Å². The molecule has 3 heterocycles. The average molecular weight is 351 g/mol. The van der Waals surface area contributed by atoms with Crippen molar-refractivity contribution in [1.82, 2.24) is 14.3 Å². The van der Waals surface area contributed by atoms with Crippen LogP contribution >= 0.6 is 11.3 Å². The van der Waals surface area contributed by atoms with Crippen LogP contribution in [-0.2, 0) is 16.6 Å². The van der Waals surface area contributed by atoms with Crippen molar-refractivity contribution in [3.8, 4) is 11.1 Å². The van der Waals surface area contributed by atoms with Gasteiger partial charge in [-0.2, -0.15) is 12.8 Å². The molecule has 0 unspecified atom stereocenters. The Bertz CT molecular complexity index is 918. The van der Waals surface area contributed by atoms with Crippen molar-refractivity contribution in [2.75, 3.05) is 7.05 Å². The van der Waals surface area contributed by atoms with Crippen molar-refractivity contribution in [3.05, 3.63) is 59.7 Å². The van der Waals surface area contributed by atoms with Gasteiger partial charge in [0.25, 0.3) is 10.0 Å². The van der Waals surface area contributed by atoms with Crippen LogP contribution in [0.2, 0.25) is 0 Å². The Kier molecular flexibility index (Phi) is 4.29. The highest BCUT2D eigenvalue weighted by Crippen LogP contribution is 2.37. The topological polar surface area (TPSA) is 64.0 Å². The van der Waals surface area contributed by atoms with Gasteiger partial charge in [-0.3, -0.25) is 0 Å². The second kappa shape index (κ2) is 6.23. The first kappa shape index (κ1) is 15.9. The number of rotatable bonds is 5. The number of hydrogen-bond donors (Lipinski definition) is 1. The van der Waals surface area contributed by atoms with Crippen molar-refractivity contribution >= 4 is 21.4 Å². The van der Waals surface area contributed by atoms with E-state index in [1.54, 1.807) is 31.3 Å². The number of aromatic nitrogens is 2. The molecule has 0 aliphatic heterocycles. The molecule has 0 saturated heterocycles. The van der Waals surface area contributed by atoms with Crippen molar-refractivity contribution < 1.29 is 12.8 Å². The highest BCUT2D eigenvalue weighted by atomic mass is 32.2. The zero-order chi connectivity index (χ0) is 16.4. The third-order valence-electron chi connectivity index (χ3n) is 3.24. The first-order chi connectivity index (χ1) is 11.0. The summed E-state index contributed by atoms with van der Waals surface area (Å²) in [4.78, 5) is 4.42. The van der Waals surface area contributed by atoms with Gasteiger partial charge in [0.2, 0.25) is 5.95 Å². The molecule has 3 aromatic rings. The van der Waals surface area contributed by atoms with Gasteiger partial charge in [0.15, 0.2) is 0 Å². The minimum atomic E-state index is -3.78. The number of pyridine rings is 1. The van der Waals surface area contributed by atoms with Gasteiger partial charge in [-0.25, -0.2) is 8.96 Å². The lowest BCUT2D eigenvalue weighted by atomic mass is 10.1. The van der Waals surface area contributed by atoms with Gasteiger partial charge in [0, 0.05) is 41.1 Å². The molecule has 0 fully saturated rings. The smallest absolute Gasteiger partial charge is 0.277 e. The minimum absolute atomic E-state index is 0.103. The molecule has 0 spiro atoms. The summed E-state index contributed by atoms with van der Waals surface area (Å²) in [6, 6.07) is 8.06. The van der Waals surface area contributed by atoms with Gasteiger partial charge >= 0.3 is 0 Å². The molecule has 3 rings (SSSR count). The number of nitrogens with one attached hydrogen (secondary N) is 1. The van der Waals surface area contributed by atoms with E-state index in [1.165, 1.54) is 24.7 Å². The zero-order valence-electron chi connectivity index (χ0n) is 12.2.